The van der Waals surface area contributed by atoms with Crippen molar-refractivity contribution in [2.24, 2.45) is 0 Å². The van der Waals surface area contributed by atoms with E-state index in [4.69, 9.17) is 0 Å². The second-order valence-corrected chi connectivity index (χ2v) is 7.74. The minimum Gasteiger partial charge on any atom is -0.339 e. The molecule has 1 aromatic carbocycles. The third kappa shape index (κ3) is 4.76. The van der Waals surface area contributed by atoms with Gasteiger partial charge in [-0.05, 0) is 51.0 Å². The lowest BCUT2D eigenvalue weighted by molar-refractivity contribution is -0.144. The SMILES string of the molecule is CCN(CC)C(=O)c1ccc(NC(=O)CN2C(=O)C(=O)N(C3CCCCC3)C2=O)cc1. The summed E-state index contributed by atoms with van der Waals surface area (Å²) in [5.41, 5.74) is 0.927. The van der Waals surface area contributed by atoms with Crippen LogP contribution in [0, 0.1) is 0 Å². The van der Waals surface area contributed by atoms with Crippen molar-refractivity contribution in [3.8, 4) is 0 Å². The van der Waals surface area contributed by atoms with Crippen molar-refractivity contribution >= 4 is 35.3 Å². The largest absolute Gasteiger partial charge is 0.339 e. The number of urea groups is 1. The summed E-state index contributed by atoms with van der Waals surface area (Å²) in [5.74, 6) is -2.52. The highest BCUT2D eigenvalue weighted by molar-refractivity contribution is 6.45. The van der Waals surface area contributed by atoms with Crippen LogP contribution in [0.4, 0.5) is 10.5 Å². The predicted octanol–water partition coefficient (Wildman–Crippen LogP) is 2.23. The fourth-order valence-electron chi connectivity index (χ4n) is 4.06. The summed E-state index contributed by atoms with van der Waals surface area (Å²) in [6.45, 7) is 4.46. The number of nitrogens with one attached hydrogen (secondary N) is 1. The van der Waals surface area contributed by atoms with Crippen LogP contribution in [0.1, 0.15) is 56.3 Å². The van der Waals surface area contributed by atoms with Gasteiger partial charge in [0.2, 0.25) is 5.91 Å². The average molecular weight is 428 g/mol. The first kappa shape index (κ1) is 22.5. The van der Waals surface area contributed by atoms with E-state index in [1.807, 2.05) is 13.8 Å². The Morgan fingerprint density at radius 1 is 0.968 bits per heavy atom. The molecule has 166 valence electrons. The molecular weight excluding hydrogens is 400 g/mol. The van der Waals surface area contributed by atoms with Gasteiger partial charge < -0.3 is 10.2 Å². The summed E-state index contributed by atoms with van der Waals surface area (Å²) in [6.07, 6.45) is 4.23. The highest BCUT2D eigenvalue weighted by atomic mass is 16.2. The minimum atomic E-state index is -0.967. The van der Waals surface area contributed by atoms with Crippen LogP contribution in [0.25, 0.3) is 0 Å². The lowest BCUT2D eigenvalue weighted by atomic mass is 9.94. The fourth-order valence-corrected chi connectivity index (χ4v) is 4.06. The molecule has 1 aliphatic carbocycles. The lowest BCUT2D eigenvalue weighted by Gasteiger charge is -2.28. The zero-order valence-corrected chi connectivity index (χ0v) is 17.9. The Kier molecular flexibility index (Phi) is 7.04. The van der Waals surface area contributed by atoms with Gasteiger partial charge in [0.05, 0.1) is 0 Å². The van der Waals surface area contributed by atoms with Crippen molar-refractivity contribution in [2.75, 3.05) is 25.0 Å². The van der Waals surface area contributed by atoms with Gasteiger partial charge in [0.15, 0.2) is 0 Å². The number of imide groups is 2. The molecule has 0 aromatic heterocycles. The third-order valence-corrected chi connectivity index (χ3v) is 5.79. The van der Waals surface area contributed by atoms with Gasteiger partial charge in [-0.3, -0.25) is 24.1 Å². The summed E-state index contributed by atoms with van der Waals surface area (Å²) in [6, 6.07) is 5.38. The number of carbonyl (C=O) groups is 5. The smallest absolute Gasteiger partial charge is 0.334 e. The molecule has 1 aliphatic heterocycles. The van der Waals surface area contributed by atoms with E-state index in [2.05, 4.69) is 5.32 Å². The van der Waals surface area contributed by atoms with Gasteiger partial charge in [-0.25, -0.2) is 9.69 Å². The maximum atomic E-state index is 12.6. The monoisotopic (exact) mass is 428 g/mol. The van der Waals surface area contributed by atoms with Crippen LogP contribution in [0.3, 0.4) is 0 Å². The number of anilines is 1. The van der Waals surface area contributed by atoms with Crippen LogP contribution in [0.5, 0.6) is 0 Å². The number of amides is 6. The van der Waals surface area contributed by atoms with Crippen LogP contribution in [-0.2, 0) is 14.4 Å². The molecule has 2 fully saturated rings. The molecule has 0 bridgehead atoms. The Morgan fingerprint density at radius 3 is 2.16 bits per heavy atom. The molecule has 1 saturated heterocycles. The van der Waals surface area contributed by atoms with E-state index >= 15 is 0 Å². The normalized spacial score (nSPS) is 17.3. The van der Waals surface area contributed by atoms with Gasteiger partial charge in [0.25, 0.3) is 5.91 Å². The average Bonchev–Trinajstić information content (AvgIpc) is 2.98. The fraction of sp³-hybridized carbons (Fsp3) is 0.500. The number of carbonyl (C=O) groups excluding carboxylic acids is 5. The van der Waals surface area contributed by atoms with Gasteiger partial charge >= 0.3 is 17.8 Å². The first-order valence-corrected chi connectivity index (χ1v) is 10.8. The molecule has 0 atom stereocenters. The number of hydrogen-bond donors (Lipinski definition) is 1. The molecule has 1 aromatic rings. The standard InChI is InChI=1S/C22H28N4O5/c1-3-24(4-2)19(28)15-10-12-16(13-11-15)23-18(27)14-25-20(29)21(30)26(22(25)31)17-8-6-5-7-9-17/h10-13,17H,3-9,14H2,1-2H3,(H,23,27). The molecule has 9 nitrogen and oxygen atoms in total. The number of hydrogen-bond acceptors (Lipinski definition) is 5. The maximum absolute atomic E-state index is 12.6. The Morgan fingerprint density at radius 2 is 1.58 bits per heavy atom. The minimum absolute atomic E-state index is 0.0996. The molecule has 9 heteroatoms. The third-order valence-electron chi connectivity index (χ3n) is 5.79. The van der Waals surface area contributed by atoms with Crippen molar-refractivity contribution < 1.29 is 24.0 Å². The molecule has 0 spiro atoms. The quantitative estimate of drug-likeness (QED) is 0.529. The Bertz CT molecular complexity index is 872. The summed E-state index contributed by atoms with van der Waals surface area (Å²) in [7, 11) is 0. The van der Waals surface area contributed by atoms with Gasteiger partial charge in [0.1, 0.15) is 6.54 Å². The summed E-state index contributed by atoms with van der Waals surface area (Å²) in [4.78, 5) is 65.4. The summed E-state index contributed by atoms with van der Waals surface area (Å²) < 4.78 is 0. The predicted molar refractivity (Wildman–Crippen MR) is 113 cm³/mol. The van der Waals surface area contributed by atoms with E-state index in [1.165, 1.54) is 0 Å². The second kappa shape index (κ2) is 9.72. The molecule has 1 saturated carbocycles. The molecule has 3 rings (SSSR count). The zero-order chi connectivity index (χ0) is 22.5. The van der Waals surface area contributed by atoms with Crippen LogP contribution in [-0.4, -0.2) is 70.0 Å². The second-order valence-electron chi connectivity index (χ2n) is 7.74. The molecular formula is C22H28N4O5. The molecule has 1 heterocycles. The lowest BCUT2D eigenvalue weighted by Crippen LogP contribution is -2.43. The zero-order valence-electron chi connectivity index (χ0n) is 17.9. The van der Waals surface area contributed by atoms with Gasteiger partial charge in [-0.1, -0.05) is 19.3 Å². The highest BCUT2D eigenvalue weighted by Crippen LogP contribution is 2.26. The first-order valence-electron chi connectivity index (χ1n) is 10.8. The van der Waals surface area contributed by atoms with E-state index in [-0.39, 0.29) is 11.9 Å². The van der Waals surface area contributed by atoms with Crippen molar-refractivity contribution in [3.63, 3.8) is 0 Å². The molecule has 31 heavy (non-hydrogen) atoms. The Labute approximate surface area is 181 Å². The molecule has 0 radical (unpaired) electrons. The molecule has 0 unspecified atom stereocenters. The van der Waals surface area contributed by atoms with E-state index in [0.717, 1.165) is 24.2 Å². The number of benzene rings is 1. The van der Waals surface area contributed by atoms with E-state index in [0.29, 0.717) is 42.1 Å². The molecule has 6 amide bonds. The van der Waals surface area contributed by atoms with Crippen LogP contribution >= 0.6 is 0 Å². The highest BCUT2D eigenvalue weighted by Gasteiger charge is 2.48. The van der Waals surface area contributed by atoms with E-state index < -0.39 is 30.3 Å². The van der Waals surface area contributed by atoms with Crippen LogP contribution in [0.15, 0.2) is 24.3 Å². The van der Waals surface area contributed by atoms with E-state index in [9.17, 15) is 24.0 Å². The summed E-state index contributed by atoms with van der Waals surface area (Å²) in [5, 5.41) is 2.60. The Hall–Kier alpha value is -3.23. The van der Waals surface area contributed by atoms with Crippen molar-refractivity contribution in [1.29, 1.82) is 0 Å². The van der Waals surface area contributed by atoms with Crippen molar-refractivity contribution in [1.82, 2.24) is 14.7 Å². The molecule has 2 aliphatic rings. The van der Waals surface area contributed by atoms with E-state index in [1.54, 1.807) is 29.2 Å². The van der Waals surface area contributed by atoms with Gasteiger partial charge in [-0.15, -0.1) is 0 Å². The Balaban J connectivity index is 1.61. The van der Waals surface area contributed by atoms with Crippen molar-refractivity contribution in [2.45, 2.75) is 52.0 Å². The first-order chi connectivity index (χ1) is 14.9. The van der Waals surface area contributed by atoms with Crippen LogP contribution in [0.2, 0.25) is 0 Å². The molecule has 1 N–H and O–H groups in total. The number of rotatable bonds is 7. The van der Waals surface area contributed by atoms with Crippen molar-refractivity contribution in [3.05, 3.63) is 29.8 Å². The topological polar surface area (TPSA) is 107 Å². The maximum Gasteiger partial charge on any atom is 0.334 e. The summed E-state index contributed by atoms with van der Waals surface area (Å²) >= 11 is 0. The van der Waals surface area contributed by atoms with Gasteiger partial charge in [-0.2, -0.15) is 0 Å². The number of nitrogens with zero attached hydrogens (tertiary/aromatic N) is 3. The van der Waals surface area contributed by atoms with Crippen LogP contribution < -0.4 is 5.32 Å². The van der Waals surface area contributed by atoms with Gasteiger partial charge in [0, 0.05) is 30.4 Å².